The van der Waals surface area contributed by atoms with Crippen molar-refractivity contribution in [1.82, 2.24) is 9.97 Å². The number of hydrogen-bond donors (Lipinski definition) is 2. The van der Waals surface area contributed by atoms with Gasteiger partial charge in [-0.3, -0.25) is 9.78 Å². The third kappa shape index (κ3) is 3.68. The van der Waals surface area contributed by atoms with Crippen molar-refractivity contribution >= 4 is 12.2 Å². The van der Waals surface area contributed by atoms with E-state index in [0.29, 0.717) is 12.4 Å². The van der Waals surface area contributed by atoms with Gasteiger partial charge < -0.3 is 4.74 Å². The summed E-state index contributed by atoms with van der Waals surface area (Å²) < 4.78 is 5.07. The number of hydrogen-bond acceptors (Lipinski definition) is 5. The Morgan fingerprint density at radius 2 is 2.15 bits per heavy atom. The highest BCUT2D eigenvalue weighted by Gasteiger charge is 1.98. The molecule has 20 heavy (non-hydrogen) atoms. The Hall–Kier alpha value is -2.63. The van der Waals surface area contributed by atoms with E-state index in [4.69, 9.17) is 4.74 Å². The molecule has 104 valence electrons. The molecule has 1 aromatic carbocycles. The number of methoxy groups -OCH3 is 1. The predicted octanol–water partition coefficient (Wildman–Crippen LogP) is 1.79. The van der Waals surface area contributed by atoms with Gasteiger partial charge in [0.2, 0.25) is 5.95 Å². The molecule has 0 aliphatic heterocycles. The van der Waals surface area contributed by atoms with Gasteiger partial charge in [-0.2, -0.15) is 5.10 Å². The van der Waals surface area contributed by atoms with Crippen LogP contribution in [0.1, 0.15) is 18.2 Å². The molecule has 2 N–H and O–H groups in total. The van der Waals surface area contributed by atoms with Crippen molar-refractivity contribution in [3.05, 3.63) is 51.9 Å². The molecule has 6 nitrogen and oxygen atoms in total. The normalized spacial score (nSPS) is 10.7. The van der Waals surface area contributed by atoms with Crippen molar-refractivity contribution in [2.45, 2.75) is 13.3 Å². The van der Waals surface area contributed by atoms with Crippen molar-refractivity contribution < 1.29 is 4.74 Å². The van der Waals surface area contributed by atoms with Gasteiger partial charge in [-0.25, -0.2) is 10.4 Å². The van der Waals surface area contributed by atoms with Gasteiger partial charge in [0.25, 0.3) is 5.56 Å². The van der Waals surface area contributed by atoms with Crippen molar-refractivity contribution in [1.29, 1.82) is 0 Å². The minimum atomic E-state index is -0.195. The Bertz CT molecular complexity index is 647. The fourth-order valence-corrected chi connectivity index (χ4v) is 1.60. The molecule has 0 aliphatic carbocycles. The molecule has 6 heteroatoms. The summed E-state index contributed by atoms with van der Waals surface area (Å²) in [6.07, 6.45) is 2.33. The summed E-state index contributed by atoms with van der Waals surface area (Å²) >= 11 is 0. The molecular formula is C14H16N4O2. The van der Waals surface area contributed by atoms with Gasteiger partial charge in [-0.15, -0.1) is 0 Å². The van der Waals surface area contributed by atoms with Gasteiger partial charge in [0.1, 0.15) is 5.75 Å². The van der Waals surface area contributed by atoms with Crippen molar-refractivity contribution in [2.24, 2.45) is 5.10 Å². The third-order valence-corrected chi connectivity index (χ3v) is 2.66. The molecule has 0 unspecified atom stereocenters. The van der Waals surface area contributed by atoms with E-state index in [1.54, 1.807) is 13.3 Å². The van der Waals surface area contributed by atoms with E-state index < -0.39 is 0 Å². The summed E-state index contributed by atoms with van der Waals surface area (Å²) in [5.41, 5.74) is 4.14. The molecule has 0 saturated carbocycles. The van der Waals surface area contributed by atoms with Crippen molar-refractivity contribution in [3.63, 3.8) is 0 Å². The van der Waals surface area contributed by atoms with Crippen LogP contribution in [0.3, 0.4) is 0 Å². The van der Waals surface area contributed by atoms with E-state index in [1.165, 1.54) is 6.07 Å². The molecule has 0 aliphatic rings. The third-order valence-electron chi connectivity index (χ3n) is 2.66. The number of benzene rings is 1. The van der Waals surface area contributed by atoms with E-state index in [-0.39, 0.29) is 5.56 Å². The summed E-state index contributed by atoms with van der Waals surface area (Å²) in [5, 5.41) is 4.04. The van der Waals surface area contributed by atoms with Gasteiger partial charge in [-0.1, -0.05) is 6.92 Å². The second kappa shape index (κ2) is 6.51. The molecule has 0 atom stereocenters. The van der Waals surface area contributed by atoms with Gasteiger partial charge in [0.05, 0.1) is 13.3 Å². The highest BCUT2D eigenvalue weighted by Crippen LogP contribution is 2.09. The van der Waals surface area contributed by atoms with Gasteiger partial charge in [0.15, 0.2) is 0 Å². The van der Waals surface area contributed by atoms with E-state index in [2.05, 4.69) is 20.5 Å². The lowest BCUT2D eigenvalue weighted by Crippen LogP contribution is -2.11. The lowest BCUT2D eigenvalue weighted by Gasteiger charge is -2.01. The number of H-pyrrole nitrogens is 1. The number of hydrazone groups is 1. The Balaban J connectivity index is 2.05. The highest BCUT2D eigenvalue weighted by atomic mass is 16.5. The fourth-order valence-electron chi connectivity index (χ4n) is 1.60. The molecule has 0 spiro atoms. The predicted molar refractivity (Wildman–Crippen MR) is 78.4 cm³/mol. The second-order valence-corrected chi connectivity index (χ2v) is 4.08. The maximum absolute atomic E-state index is 11.4. The first-order chi connectivity index (χ1) is 9.71. The highest BCUT2D eigenvalue weighted by molar-refractivity contribution is 5.80. The Labute approximate surface area is 116 Å². The number of aryl methyl sites for hydroxylation is 1. The van der Waals surface area contributed by atoms with E-state index in [0.717, 1.165) is 17.0 Å². The number of ether oxygens (including phenoxy) is 1. The standard InChI is InChI=1S/C14H16N4O2/c1-3-11-8-13(19)17-14(16-11)18-15-9-10-4-6-12(20-2)7-5-10/h4-9H,3H2,1-2H3,(H2,16,17,18,19)/b15-9-. The van der Waals surface area contributed by atoms with E-state index >= 15 is 0 Å². The number of nitrogens with zero attached hydrogens (tertiary/aromatic N) is 2. The molecule has 0 saturated heterocycles. The van der Waals surface area contributed by atoms with Crippen LogP contribution in [-0.2, 0) is 6.42 Å². The van der Waals surface area contributed by atoms with Crippen molar-refractivity contribution in [2.75, 3.05) is 12.5 Å². The first-order valence-electron chi connectivity index (χ1n) is 6.24. The molecular weight excluding hydrogens is 256 g/mol. The van der Waals surface area contributed by atoms with Crippen LogP contribution < -0.4 is 15.7 Å². The molecule has 2 aromatic rings. The lowest BCUT2D eigenvalue weighted by atomic mass is 10.2. The first-order valence-corrected chi connectivity index (χ1v) is 6.24. The summed E-state index contributed by atoms with van der Waals surface area (Å²) in [4.78, 5) is 18.2. The molecule has 0 bridgehead atoms. The van der Waals surface area contributed by atoms with Crippen LogP contribution >= 0.6 is 0 Å². The van der Waals surface area contributed by atoms with Gasteiger partial charge >= 0.3 is 0 Å². The number of aromatic amines is 1. The zero-order chi connectivity index (χ0) is 14.4. The summed E-state index contributed by atoms with van der Waals surface area (Å²) in [5.74, 6) is 1.12. The largest absolute Gasteiger partial charge is 0.497 e. The summed E-state index contributed by atoms with van der Waals surface area (Å²) in [6, 6.07) is 8.92. The van der Waals surface area contributed by atoms with E-state index in [9.17, 15) is 4.79 Å². The summed E-state index contributed by atoms with van der Waals surface area (Å²) in [7, 11) is 1.62. The van der Waals surface area contributed by atoms with Crippen LogP contribution in [0.15, 0.2) is 40.2 Å². The number of anilines is 1. The lowest BCUT2D eigenvalue weighted by molar-refractivity contribution is 0.415. The van der Waals surface area contributed by atoms with Gasteiger partial charge in [0, 0.05) is 11.8 Å². The Kier molecular flexibility index (Phi) is 4.49. The Morgan fingerprint density at radius 3 is 2.80 bits per heavy atom. The second-order valence-electron chi connectivity index (χ2n) is 4.08. The zero-order valence-electron chi connectivity index (χ0n) is 11.4. The van der Waals surface area contributed by atoms with E-state index in [1.807, 2.05) is 31.2 Å². The topological polar surface area (TPSA) is 79.4 Å². The van der Waals surface area contributed by atoms with Crippen LogP contribution in [0.4, 0.5) is 5.95 Å². The minimum Gasteiger partial charge on any atom is -0.497 e. The minimum absolute atomic E-state index is 0.195. The summed E-state index contributed by atoms with van der Waals surface area (Å²) in [6.45, 7) is 1.94. The molecule has 1 aromatic heterocycles. The molecule has 0 radical (unpaired) electrons. The van der Waals surface area contributed by atoms with Crippen LogP contribution in [0, 0.1) is 0 Å². The maximum Gasteiger partial charge on any atom is 0.252 e. The quantitative estimate of drug-likeness (QED) is 0.642. The molecule has 0 amide bonds. The Morgan fingerprint density at radius 1 is 1.40 bits per heavy atom. The molecule has 1 heterocycles. The van der Waals surface area contributed by atoms with Crippen LogP contribution in [0.25, 0.3) is 0 Å². The van der Waals surface area contributed by atoms with Crippen LogP contribution in [-0.4, -0.2) is 23.3 Å². The molecule has 0 fully saturated rings. The first kappa shape index (κ1) is 13.8. The number of rotatable bonds is 5. The number of nitrogens with one attached hydrogen (secondary N) is 2. The van der Waals surface area contributed by atoms with Crippen LogP contribution in [0.2, 0.25) is 0 Å². The monoisotopic (exact) mass is 272 g/mol. The average molecular weight is 272 g/mol. The average Bonchev–Trinajstić information content (AvgIpc) is 2.47. The smallest absolute Gasteiger partial charge is 0.252 e. The van der Waals surface area contributed by atoms with Crippen molar-refractivity contribution in [3.8, 4) is 5.75 Å². The number of aromatic nitrogens is 2. The van der Waals surface area contributed by atoms with Crippen LogP contribution in [0.5, 0.6) is 5.75 Å². The van der Waals surface area contributed by atoms with Gasteiger partial charge in [-0.05, 0) is 36.2 Å². The fraction of sp³-hybridized carbons (Fsp3) is 0.214. The molecule has 2 rings (SSSR count). The SMILES string of the molecule is CCc1cc(=O)[nH]c(N/N=C\c2ccc(OC)cc2)n1. The zero-order valence-corrected chi connectivity index (χ0v) is 11.4. The maximum atomic E-state index is 11.4.